The van der Waals surface area contributed by atoms with Gasteiger partial charge in [0, 0.05) is 0 Å². The van der Waals surface area contributed by atoms with Crippen LogP contribution in [0.15, 0.2) is 48.7 Å². The normalized spacial score (nSPS) is 11.0. The van der Waals surface area contributed by atoms with Gasteiger partial charge in [0.2, 0.25) is 5.91 Å². The number of carboxylic acid groups (broad SMARTS) is 1. The predicted molar refractivity (Wildman–Crippen MR) is 79.3 cm³/mol. The molecule has 0 atom stereocenters. The Kier molecular flexibility index (Phi) is 4.03. The van der Waals surface area contributed by atoms with E-state index in [0.29, 0.717) is 5.69 Å². The predicted octanol–water partition coefficient (Wildman–Crippen LogP) is 2.70. The maximum absolute atomic E-state index is 12.4. The molecule has 2 rings (SSSR count). The van der Waals surface area contributed by atoms with Crippen molar-refractivity contribution in [2.45, 2.75) is 19.3 Å². The van der Waals surface area contributed by atoms with Crippen molar-refractivity contribution in [2.75, 3.05) is 5.32 Å². The van der Waals surface area contributed by atoms with Gasteiger partial charge in [-0.15, -0.1) is 0 Å². The summed E-state index contributed by atoms with van der Waals surface area (Å²) >= 11 is 0. The summed E-state index contributed by atoms with van der Waals surface area (Å²) in [7, 11) is 0. The van der Waals surface area contributed by atoms with Crippen LogP contribution in [0.2, 0.25) is 0 Å². The molecule has 0 aliphatic heterocycles. The van der Waals surface area contributed by atoms with E-state index >= 15 is 0 Å². The SMILES string of the molecule is CC(C)(C(=O)Nc1ccc(C(=O)O)nc1)c1ccccc1. The summed E-state index contributed by atoms with van der Waals surface area (Å²) in [4.78, 5) is 26.9. The molecule has 1 aromatic heterocycles. The lowest BCUT2D eigenvalue weighted by molar-refractivity contribution is -0.120. The number of carboxylic acids is 1. The van der Waals surface area contributed by atoms with E-state index in [1.165, 1.54) is 18.3 Å². The van der Waals surface area contributed by atoms with Crippen LogP contribution in [-0.4, -0.2) is 22.0 Å². The van der Waals surface area contributed by atoms with Gasteiger partial charge in [-0.2, -0.15) is 0 Å². The highest BCUT2D eigenvalue weighted by atomic mass is 16.4. The molecule has 1 heterocycles. The fraction of sp³-hybridized carbons (Fsp3) is 0.188. The number of benzene rings is 1. The van der Waals surface area contributed by atoms with Crippen LogP contribution in [0.3, 0.4) is 0 Å². The molecule has 0 aliphatic rings. The van der Waals surface area contributed by atoms with Crippen molar-refractivity contribution in [1.82, 2.24) is 4.98 Å². The highest BCUT2D eigenvalue weighted by Gasteiger charge is 2.29. The monoisotopic (exact) mass is 284 g/mol. The number of pyridine rings is 1. The largest absolute Gasteiger partial charge is 0.477 e. The molecule has 0 spiro atoms. The summed E-state index contributed by atoms with van der Waals surface area (Å²) in [6.45, 7) is 3.66. The molecule has 2 N–H and O–H groups in total. The lowest BCUT2D eigenvalue weighted by Crippen LogP contribution is -2.34. The maximum Gasteiger partial charge on any atom is 0.354 e. The smallest absolute Gasteiger partial charge is 0.354 e. The van der Waals surface area contributed by atoms with Gasteiger partial charge in [-0.1, -0.05) is 30.3 Å². The number of hydrogen-bond donors (Lipinski definition) is 2. The molecular formula is C16H16N2O3. The number of rotatable bonds is 4. The van der Waals surface area contributed by atoms with Crippen molar-refractivity contribution in [3.05, 3.63) is 59.9 Å². The number of hydrogen-bond acceptors (Lipinski definition) is 3. The van der Waals surface area contributed by atoms with Gasteiger partial charge in [-0.25, -0.2) is 9.78 Å². The van der Waals surface area contributed by atoms with Gasteiger partial charge in [-0.05, 0) is 31.5 Å². The van der Waals surface area contributed by atoms with E-state index in [1.807, 2.05) is 44.2 Å². The van der Waals surface area contributed by atoms with Gasteiger partial charge in [-0.3, -0.25) is 4.79 Å². The Bertz CT molecular complexity index is 649. The minimum atomic E-state index is -1.10. The van der Waals surface area contributed by atoms with Crippen LogP contribution >= 0.6 is 0 Å². The molecule has 0 radical (unpaired) electrons. The summed E-state index contributed by atoms with van der Waals surface area (Å²) in [5.74, 6) is -1.28. The number of carbonyl (C=O) groups excluding carboxylic acids is 1. The summed E-state index contributed by atoms with van der Waals surface area (Å²) in [6, 6.07) is 12.3. The molecule has 108 valence electrons. The van der Waals surface area contributed by atoms with Gasteiger partial charge < -0.3 is 10.4 Å². The number of nitrogens with zero attached hydrogens (tertiary/aromatic N) is 1. The van der Waals surface area contributed by atoms with Crippen molar-refractivity contribution in [1.29, 1.82) is 0 Å². The molecule has 0 saturated heterocycles. The Balaban J connectivity index is 2.15. The van der Waals surface area contributed by atoms with E-state index in [9.17, 15) is 9.59 Å². The number of carbonyl (C=O) groups is 2. The second kappa shape index (κ2) is 5.75. The van der Waals surface area contributed by atoms with Gasteiger partial charge >= 0.3 is 5.97 Å². The zero-order valence-electron chi connectivity index (χ0n) is 11.8. The van der Waals surface area contributed by atoms with E-state index in [0.717, 1.165) is 5.56 Å². The Hall–Kier alpha value is -2.69. The summed E-state index contributed by atoms with van der Waals surface area (Å²) in [5.41, 5.74) is 0.606. The molecule has 0 unspecified atom stereocenters. The fourth-order valence-electron chi connectivity index (χ4n) is 1.87. The van der Waals surface area contributed by atoms with E-state index in [4.69, 9.17) is 5.11 Å². The minimum Gasteiger partial charge on any atom is -0.477 e. The molecule has 5 nitrogen and oxygen atoms in total. The van der Waals surface area contributed by atoms with Crippen LogP contribution in [-0.2, 0) is 10.2 Å². The minimum absolute atomic E-state index is 0.0599. The third kappa shape index (κ3) is 3.25. The van der Waals surface area contributed by atoms with E-state index in [-0.39, 0.29) is 11.6 Å². The highest BCUT2D eigenvalue weighted by molar-refractivity contribution is 5.98. The van der Waals surface area contributed by atoms with E-state index in [2.05, 4.69) is 10.3 Å². The second-order valence-corrected chi connectivity index (χ2v) is 5.18. The van der Waals surface area contributed by atoms with Crippen LogP contribution in [0, 0.1) is 0 Å². The summed E-state index contributed by atoms with van der Waals surface area (Å²) < 4.78 is 0. The number of aromatic nitrogens is 1. The van der Waals surface area contributed by atoms with Gasteiger partial charge in [0.05, 0.1) is 17.3 Å². The molecular weight excluding hydrogens is 268 g/mol. The quantitative estimate of drug-likeness (QED) is 0.904. The lowest BCUT2D eigenvalue weighted by Gasteiger charge is -2.24. The second-order valence-electron chi connectivity index (χ2n) is 5.18. The standard InChI is InChI=1S/C16H16N2O3/c1-16(2,11-6-4-3-5-7-11)15(21)18-12-8-9-13(14(19)20)17-10-12/h3-10H,1-2H3,(H,18,21)(H,19,20). The van der Waals surface area contributed by atoms with Crippen LogP contribution in [0.5, 0.6) is 0 Å². The first-order chi connectivity index (χ1) is 9.91. The molecule has 1 amide bonds. The summed E-state index contributed by atoms with van der Waals surface area (Å²) in [5, 5.41) is 11.5. The molecule has 1 aromatic carbocycles. The van der Waals surface area contributed by atoms with Crippen LogP contribution in [0.25, 0.3) is 0 Å². The average molecular weight is 284 g/mol. The van der Waals surface area contributed by atoms with E-state index in [1.54, 1.807) is 0 Å². The van der Waals surface area contributed by atoms with Crippen LogP contribution in [0.1, 0.15) is 29.9 Å². The molecule has 0 saturated carbocycles. The fourth-order valence-corrected chi connectivity index (χ4v) is 1.87. The Morgan fingerprint density at radius 1 is 1.10 bits per heavy atom. The Labute approximate surface area is 122 Å². The lowest BCUT2D eigenvalue weighted by atomic mass is 9.84. The first kappa shape index (κ1) is 14.7. The zero-order chi connectivity index (χ0) is 15.5. The molecule has 0 aliphatic carbocycles. The number of nitrogens with one attached hydrogen (secondary N) is 1. The topological polar surface area (TPSA) is 79.3 Å². The van der Waals surface area contributed by atoms with Gasteiger partial charge in [0.15, 0.2) is 0 Å². The van der Waals surface area contributed by atoms with Gasteiger partial charge in [0.25, 0.3) is 0 Å². The first-order valence-corrected chi connectivity index (χ1v) is 6.47. The number of anilines is 1. The third-order valence-corrected chi connectivity index (χ3v) is 3.30. The van der Waals surface area contributed by atoms with Crippen LogP contribution < -0.4 is 5.32 Å². The molecule has 5 heteroatoms. The van der Waals surface area contributed by atoms with Crippen molar-refractivity contribution in [2.24, 2.45) is 0 Å². The zero-order valence-corrected chi connectivity index (χ0v) is 11.8. The summed E-state index contributed by atoms with van der Waals surface area (Å²) in [6.07, 6.45) is 1.34. The number of aromatic carboxylic acids is 1. The van der Waals surface area contributed by atoms with E-state index < -0.39 is 11.4 Å². The molecule has 2 aromatic rings. The number of amides is 1. The molecule has 0 fully saturated rings. The first-order valence-electron chi connectivity index (χ1n) is 6.47. The van der Waals surface area contributed by atoms with Gasteiger partial charge in [0.1, 0.15) is 5.69 Å². The van der Waals surface area contributed by atoms with Crippen molar-refractivity contribution >= 4 is 17.6 Å². The maximum atomic E-state index is 12.4. The third-order valence-electron chi connectivity index (χ3n) is 3.30. The highest BCUT2D eigenvalue weighted by Crippen LogP contribution is 2.24. The Morgan fingerprint density at radius 2 is 1.76 bits per heavy atom. The average Bonchev–Trinajstić information content (AvgIpc) is 2.48. The van der Waals surface area contributed by atoms with Crippen LogP contribution in [0.4, 0.5) is 5.69 Å². The molecule has 0 bridgehead atoms. The molecule has 21 heavy (non-hydrogen) atoms. The van der Waals surface area contributed by atoms with Crippen molar-refractivity contribution in [3.8, 4) is 0 Å². The Morgan fingerprint density at radius 3 is 2.29 bits per heavy atom. The van der Waals surface area contributed by atoms with Crippen molar-refractivity contribution in [3.63, 3.8) is 0 Å². The van der Waals surface area contributed by atoms with Crippen molar-refractivity contribution < 1.29 is 14.7 Å².